The van der Waals surface area contributed by atoms with Gasteiger partial charge in [0, 0.05) is 39.3 Å². The van der Waals surface area contributed by atoms with Crippen LogP contribution in [0.5, 0.6) is 0 Å². The number of fused-ring (bicyclic) bond motifs is 3. The molecule has 134 valence electrons. The molecule has 0 saturated heterocycles. The first-order valence-electron chi connectivity index (χ1n) is 9.10. The minimum absolute atomic E-state index is 0.0185. The van der Waals surface area contributed by atoms with E-state index in [0.29, 0.717) is 16.5 Å². The maximum absolute atomic E-state index is 12.9. The maximum Gasteiger partial charge on any atom is 0.193 e. The Bertz CT molecular complexity index is 973. The maximum atomic E-state index is 12.9. The van der Waals surface area contributed by atoms with Gasteiger partial charge < -0.3 is 9.88 Å². The van der Waals surface area contributed by atoms with Crippen LogP contribution < -0.4 is 0 Å². The van der Waals surface area contributed by atoms with Crippen LogP contribution in [0.1, 0.15) is 33.6 Å². The van der Waals surface area contributed by atoms with Crippen LogP contribution in [-0.4, -0.2) is 36.3 Å². The number of H-pyrrole nitrogens is 1. The SMILES string of the molecule is CN(C)CC1CCc2[nH]c3ccc(C(=O)c4cccc(Cl)c4)cc3c2C1. The second-order valence-corrected chi connectivity index (χ2v) is 7.99. The van der Waals surface area contributed by atoms with Gasteiger partial charge >= 0.3 is 0 Å². The highest BCUT2D eigenvalue weighted by Crippen LogP contribution is 2.33. The fourth-order valence-electron chi connectivity index (χ4n) is 4.10. The zero-order chi connectivity index (χ0) is 18.3. The second-order valence-electron chi connectivity index (χ2n) is 7.55. The molecule has 2 aromatic carbocycles. The Balaban J connectivity index is 1.70. The first-order chi connectivity index (χ1) is 12.5. The summed E-state index contributed by atoms with van der Waals surface area (Å²) in [5, 5.41) is 1.78. The second kappa shape index (κ2) is 6.90. The van der Waals surface area contributed by atoms with Crippen LogP contribution in [0.4, 0.5) is 0 Å². The molecule has 1 N–H and O–H groups in total. The summed E-state index contributed by atoms with van der Waals surface area (Å²) in [6, 6.07) is 13.1. The number of hydrogen-bond acceptors (Lipinski definition) is 2. The number of nitrogens with zero attached hydrogens (tertiary/aromatic N) is 1. The van der Waals surface area contributed by atoms with Crippen LogP contribution >= 0.6 is 11.6 Å². The number of aryl methyl sites for hydroxylation is 1. The van der Waals surface area contributed by atoms with Crippen molar-refractivity contribution in [3.05, 3.63) is 69.9 Å². The minimum Gasteiger partial charge on any atom is -0.358 e. The number of benzene rings is 2. The van der Waals surface area contributed by atoms with E-state index in [1.54, 1.807) is 12.1 Å². The largest absolute Gasteiger partial charge is 0.358 e. The summed E-state index contributed by atoms with van der Waals surface area (Å²) in [5.41, 5.74) is 5.20. The number of carbonyl (C=O) groups is 1. The topological polar surface area (TPSA) is 36.1 Å². The number of carbonyl (C=O) groups excluding carboxylic acids is 1. The summed E-state index contributed by atoms with van der Waals surface area (Å²) in [4.78, 5) is 18.7. The van der Waals surface area contributed by atoms with Gasteiger partial charge in [-0.3, -0.25) is 4.79 Å². The minimum atomic E-state index is 0.0185. The lowest BCUT2D eigenvalue weighted by atomic mass is 9.86. The Hall–Kier alpha value is -2.10. The molecule has 4 heteroatoms. The highest BCUT2D eigenvalue weighted by Gasteiger charge is 2.23. The third kappa shape index (κ3) is 3.29. The van der Waals surface area contributed by atoms with Gasteiger partial charge in [-0.1, -0.05) is 23.7 Å². The molecule has 0 bridgehead atoms. The Morgan fingerprint density at radius 2 is 2.00 bits per heavy atom. The number of aromatic amines is 1. The third-order valence-electron chi connectivity index (χ3n) is 5.26. The molecule has 0 radical (unpaired) electrons. The summed E-state index contributed by atoms with van der Waals surface area (Å²) < 4.78 is 0. The number of nitrogens with one attached hydrogen (secondary N) is 1. The monoisotopic (exact) mass is 366 g/mol. The molecule has 0 aliphatic heterocycles. The molecule has 1 atom stereocenters. The first-order valence-corrected chi connectivity index (χ1v) is 9.47. The Kier molecular flexibility index (Phi) is 4.60. The molecule has 1 aliphatic carbocycles. The summed E-state index contributed by atoms with van der Waals surface area (Å²) in [5.74, 6) is 0.689. The van der Waals surface area contributed by atoms with E-state index in [0.717, 1.165) is 30.5 Å². The fraction of sp³-hybridized carbons (Fsp3) is 0.318. The molecular formula is C22H23ClN2O. The molecule has 1 aromatic heterocycles. The van der Waals surface area contributed by atoms with Crippen molar-refractivity contribution in [3.63, 3.8) is 0 Å². The lowest BCUT2D eigenvalue weighted by Gasteiger charge is -2.25. The third-order valence-corrected chi connectivity index (χ3v) is 5.50. The van der Waals surface area contributed by atoms with Gasteiger partial charge in [0.15, 0.2) is 5.78 Å². The molecular weight excluding hydrogens is 344 g/mol. The molecule has 0 spiro atoms. The fourth-order valence-corrected chi connectivity index (χ4v) is 4.29. The molecule has 3 aromatic rings. The van der Waals surface area contributed by atoms with Crippen molar-refractivity contribution in [2.45, 2.75) is 19.3 Å². The van der Waals surface area contributed by atoms with Crippen LogP contribution in [-0.2, 0) is 12.8 Å². The Labute approximate surface area is 159 Å². The van der Waals surface area contributed by atoms with Crippen molar-refractivity contribution in [3.8, 4) is 0 Å². The first kappa shape index (κ1) is 17.3. The van der Waals surface area contributed by atoms with Gasteiger partial charge in [0.25, 0.3) is 0 Å². The lowest BCUT2D eigenvalue weighted by molar-refractivity contribution is 0.103. The Morgan fingerprint density at radius 3 is 2.77 bits per heavy atom. The van der Waals surface area contributed by atoms with Gasteiger partial charge in [-0.25, -0.2) is 0 Å². The molecule has 0 saturated carbocycles. The number of halogens is 1. The number of rotatable bonds is 4. The number of aromatic nitrogens is 1. The zero-order valence-electron chi connectivity index (χ0n) is 15.2. The number of hydrogen-bond donors (Lipinski definition) is 1. The smallest absolute Gasteiger partial charge is 0.193 e. The van der Waals surface area contributed by atoms with Crippen LogP contribution in [0.2, 0.25) is 5.02 Å². The van der Waals surface area contributed by atoms with E-state index < -0.39 is 0 Å². The van der Waals surface area contributed by atoms with Gasteiger partial charge in [-0.15, -0.1) is 0 Å². The summed E-state index contributed by atoms with van der Waals surface area (Å²) in [7, 11) is 4.26. The van der Waals surface area contributed by atoms with Crippen LogP contribution in [0, 0.1) is 5.92 Å². The summed E-state index contributed by atoms with van der Waals surface area (Å²) >= 11 is 6.05. The van der Waals surface area contributed by atoms with Gasteiger partial charge in [0.1, 0.15) is 0 Å². The van der Waals surface area contributed by atoms with Crippen molar-refractivity contribution in [1.82, 2.24) is 9.88 Å². The van der Waals surface area contributed by atoms with Crippen molar-refractivity contribution < 1.29 is 4.79 Å². The van der Waals surface area contributed by atoms with Crippen molar-refractivity contribution >= 4 is 28.3 Å². The standard InChI is InChI=1S/C22H23ClN2O/c1-25(2)13-14-6-8-20-18(10-14)19-12-16(7-9-21(19)24-20)22(26)15-4-3-5-17(23)11-15/h3-5,7,9,11-12,14,24H,6,8,10,13H2,1-2H3. The van der Waals surface area contributed by atoms with Gasteiger partial charge in [0.05, 0.1) is 0 Å². The van der Waals surface area contributed by atoms with Crippen molar-refractivity contribution in [1.29, 1.82) is 0 Å². The van der Waals surface area contributed by atoms with Crippen molar-refractivity contribution in [2.75, 3.05) is 20.6 Å². The predicted octanol–water partition coefficient (Wildman–Crippen LogP) is 4.72. The average Bonchev–Trinajstić information content (AvgIpc) is 2.98. The van der Waals surface area contributed by atoms with E-state index in [9.17, 15) is 4.79 Å². The molecule has 26 heavy (non-hydrogen) atoms. The van der Waals surface area contributed by atoms with Crippen LogP contribution in [0.25, 0.3) is 10.9 Å². The molecule has 4 rings (SSSR count). The van der Waals surface area contributed by atoms with E-state index in [4.69, 9.17) is 11.6 Å². The molecule has 1 unspecified atom stereocenters. The molecule has 0 amide bonds. The van der Waals surface area contributed by atoms with Crippen LogP contribution in [0.3, 0.4) is 0 Å². The van der Waals surface area contributed by atoms with Crippen LogP contribution in [0.15, 0.2) is 42.5 Å². The molecule has 3 nitrogen and oxygen atoms in total. The average molecular weight is 367 g/mol. The predicted molar refractivity (Wildman–Crippen MR) is 107 cm³/mol. The summed E-state index contributed by atoms with van der Waals surface area (Å²) in [6.07, 6.45) is 3.37. The summed E-state index contributed by atoms with van der Waals surface area (Å²) in [6.45, 7) is 1.10. The van der Waals surface area contributed by atoms with E-state index in [1.165, 1.54) is 23.1 Å². The van der Waals surface area contributed by atoms with E-state index in [2.05, 4.69) is 24.0 Å². The normalized spacial score (nSPS) is 16.8. The molecule has 0 fully saturated rings. The molecule has 1 heterocycles. The highest BCUT2D eigenvalue weighted by molar-refractivity contribution is 6.31. The highest BCUT2D eigenvalue weighted by atomic mass is 35.5. The van der Waals surface area contributed by atoms with Gasteiger partial charge in [0.2, 0.25) is 0 Å². The van der Waals surface area contributed by atoms with Gasteiger partial charge in [-0.05, 0) is 75.2 Å². The lowest BCUT2D eigenvalue weighted by Crippen LogP contribution is -2.26. The van der Waals surface area contributed by atoms with E-state index in [1.807, 2.05) is 30.3 Å². The Morgan fingerprint density at radius 1 is 1.19 bits per heavy atom. The van der Waals surface area contributed by atoms with E-state index in [-0.39, 0.29) is 5.78 Å². The number of ketones is 1. The quantitative estimate of drug-likeness (QED) is 0.678. The molecule has 1 aliphatic rings. The van der Waals surface area contributed by atoms with Crippen molar-refractivity contribution in [2.24, 2.45) is 5.92 Å². The van der Waals surface area contributed by atoms with Gasteiger partial charge in [-0.2, -0.15) is 0 Å². The zero-order valence-corrected chi connectivity index (χ0v) is 15.9. The van der Waals surface area contributed by atoms with E-state index >= 15 is 0 Å².